The average Bonchev–Trinajstić information content (AvgIpc) is 2.72. The minimum Gasteiger partial charge on any atom is -0.224 e. The SMILES string of the molecule is C=CCCCCCCCCCS(=O)(=O)c1ccc(SCCCCCCCC)cc1. The molecule has 0 atom stereocenters. The number of rotatable bonds is 19. The van der Waals surface area contributed by atoms with Gasteiger partial charge in [-0.05, 0) is 55.7 Å². The van der Waals surface area contributed by atoms with Crippen molar-refractivity contribution in [3.05, 3.63) is 36.9 Å². The first-order chi connectivity index (χ1) is 14.1. The van der Waals surface area contributed by atoms with Crippen LogP contribution < -0.4 is 0 Å². The first-order valence-corrected chi connectivity index (χ1v) is 14.3. The van der Waals surface area contributed by atoms with Crippen molar-refractivity contribution in [3.63, 3.8) is 0 Å². The predicted octanol–water partition coefficient (Wildman–Crippen LogP) is 8.22. The summed E-state index contributed by atoms with van der Waals surface area (Å²) in [5.74, 6) is 1.39. The van der Waals surface area contributed by atoms with Gasteiger partial charge in [0, 0.05) is 4.90 Å². The van der Waals surface area contributed by atoms with E-state index in [1.807, 2.05) is 30.0 Å². The molecule has 1 aromatic carbocycles. The molecular formula is C25H42O2S2. The van der Waals surface area contributed by atoms with Crippen molar-refractivity contribution in [2.75, 3.05) is 11.5 Å². The van der Waals surface area contributed by atoms with Gasteiger partial charge in [-0.1, -0.05) is 77.2 Å². The summed E-state index contributed by atoms with van der Waals surface area (Å²) < 4.78 is 25.0. The zero-order chi connectivity index (χ0) is 21.2. The molecule has 0 fully saturated rings. The lowest BCUT2D eigenvalue weighted by Gasteiger charge is -2.07. The maximum absolute atomic E-state index is 12.5. The first-order valence-electron chi connectivity index (χ1n) is 11.7. The smallest absolute Gasteiger partial charge is 0.178 e. The van der Waals surface area contributed by atoms with E-state index in [0.29, 0.717) is 4.90 Å². The second kappa shape index (κ2) is 17.0. The van der Waals surface area contributed by atoms with Gasteiger partial charge in [-0.2, -0.15) is 0 Å². The van der Waals surface area contributed by atoms with Crippen molar-refractivity contribution in [3.8, 4) is 0 Å². The molecule has 0 amide bonds. The van der Waals surface area contributed by atoms with Crippen molar-refractivity contribution < 1.29 is 8.42 Å². The topological polar surface area (TPSA) is 34.1 Å². The van der Waals surface area contributed by atoms with E-state index in [1.54, 1.807) is 12.1 Å². The minimum absolute atomic E-state index is 0.272. The molecule has 0 aliphatic carbocycles. The fourth-order valence-electron chi connectivity index (χ4n) is 3.40. The summed E-state index contributed by atoms with van der Waals surface area (Å²) in [6, 6.07) is 7.52. The Kier molecular flexibility index (Phi) is 15.4. The molecule has 0 saturated heterocycles. The lowest BCUT2D eigenvalue weighted by atomic mass is 10.1. The number of hydrogen-bond donors (Lipinski definition) is 0. The fourth-order valence-corrected chi connectivity index (χ4v) is 5.68. The van der Waals surface area contributed by atoms with Gasteiger partial charge in [-0.3, -0.25) is 0 Å². The number of unbranched alkanes of at least 4 members (excludes halogenated alkanes) is 12. The molecule has 0 saturated carbocycles. The summed E-state index contributed by atoms with van der Waals surface area (Å²) in [7, 11) is -3.14. The highest BCUT2D eigenvalue weighted by Gasteiger charge is 2.13. The van der Waals surface area contributed by atoms with E-state index in [4.69, 9.17) is 0 Å². The Morgan fingerprint density at radius 1 is 0.793 bits per heavy atom. The summed E-state index contributed by atoms with van der Waals surface area (Å²) in [6.07, 6.45) is 18.8. The van der Waals surface area contributed by atoms with E-state index >= 15 is 0 Å². The van der Waals surface area contributed by atoms with Gasteiger partial charge >= 0.3 is 0 Å². The summed E-state index contributed by atoms with van der Waals surface area (Å²) in [4.78, 5) is 1.65. The summed E-state index contributed by atoms with van der Waals surface area (Å²) >= 11 is 1.84. The number of thioether (sulfide) groups is 1. The highest BCUT2D eigenvalue weighted by atomic mass is 32.2. The molecule has 0 aliphatic heterocycles. The minimum atomic E-state index is -3.14. The van der Waals surface area contributed by atoms with Crippen molar-refractivity contribution in [1.82, 2.24) is 0 Å². The van der Waals surface area contributed by atoms with Gasteiger partial charge < -0.3 is 0 Å². The van der Waals surface area contributed by atoms with Gasteiger partial charge in [0.1, 0.15) is 0 Å². The molecule has 166 valence electrons. The highest BCUT2D eigenvalue weighted by molar-refractivity contribution is 7.99. The molecular weight excluding hydrogens is 396 g/mol. The molecule has 0 aliphatic rings. The third-order valence-electron chi connectivity index (χ3n) is 5.27. The Balaban J connectivity index is 2.19. The quantitative estimate of drug-likeness (QED) is 0.124. The zero-order valence-electron chi connectivity index (χ0n) is 18.5. The predicted molar refractivity (Wildman–Crippen MR) is 130 cm³/mol. The molecule has 0 bridgehead atoms. The molecule has 0 N–H and O–H groups in total. The number of benzene rings is 1. The Labute approximate surface area is 184 Å². The normalized spacial score (nSPS) is 11.6. The van der Waals surface area contributed by atoms with Crippen molar-refractivity contribution in [1.29, 1.82) is 0 Å². The van der Waals surface area contributed by atoms with Crippen LogP contribution >= 0.6 is 11.8 Å². The highest BCUT2D eigenvalue weighted by Crippen LogP contribution is 2.23. The van der Waals surface area contributed by atoms with Crippen molar-refractivity contribution in [2.45, 2.75) is 107 Å². The van der Waals surface area contributed by atoms with Gasteiger partial charge in [0.25, 0.3) is 0 Å². The fraction of sp³-hybridized carbons (Fsp3) is 0.680. The van der Waals surface area contributed by atoms with Crippen molar-refractivity contribution >= 4 is 21.6 Å². The Morgan fingerprint density at radius 3 is 1.97 bits per heavy atom. The summed E-state index contributed by atoms with van der Waals surface area (Å²) in [5, 5.41) is 0. The Bertz CT molecular complexity index is 621. The third-order valence-corrected chi connectivity index (χ3v) is 8.19. The molecule has 0 heterocycles. The van der Waals surface area contributed by atoms with E-state index < -0.39 is 9.84 Å². The first kappa shape index (κ1) is 26.3. The maximum atomic E-state index is 12.5. The van der Waals surface area contributed by atoms with Crippen LogP contribution in [0.15, 0.2) is 46.7 Å². The van der Waals surface area contributed by atoms with Crippen LogP contribution in [0.4, 0.5) is 0 Å². The van der Waals surface area contributed by atoms with Crippen LogP contribution in [0.5, 0.6) is 0 Å². The van der Waals surface area contributed by atoms with Crippen LogP contribution in [0.1, 0.15) is 96.8 Å². The lowest BCUT2D eigenvalue weighted by molar-refractivity contribution is 0.575. The zero-order valence-corrected chi connectivity index (χ0v) is 20.2. The largest absolute Gasteiger partial charge is 0.224 e. The summed E-state index contributed by atoms with van der Waals surface area (Å²) in [5.41, 5.74) is 0. The van der Waals surface area contributed by atoms with Gasteiger partial charge in [-0.15, -0.1) is 18.3 Å². The van der Waals surface area contributed by atoms with Crippen molar-refractivity contribution in [2.24, 2.45) is 0 Å². The molecule has 0 unspecified atom stereocenters. The summed E-state index contributed by atoms with van der Waals surface area (Å²) in [6.45, 7) is 5.99. The molecule has 0 aromatic heterocycles. The van der Waals surface area contributed by atoms with E-state index in [-0.39, 0.29) is 5.75 Å². The average molecular weight is 439 g/mol. The number of hydrogen-bond acceptors (Lipinski definition) is 3. The molecule has 1 aromatic rings. The monoisotopic (exact) mass is 438 g/mol. The van der Waals surface area contributed by atoms with Gasteiger partial charge in [0.15, 0.2) is 9.84 Å². The van der Waals surface area contributed by atoms with E-state index in [2.05, 4.69) is 13.5 Å². The molecule has 29 heavy (non-hydrogen) atoms. The van der Waals surface area contributed by atoms with Crippen LogP contribution in [0.25, 0.3) is 0 Å². The molecule has 1 rings (SSSR count). The Morgan fingerprint density at radius 2 is 1.34 bits per heavy atom. The molecule has 4 heteroatoms. The van der Waals surface area contributed by atoms with Crippen LogP contribution in [0.3, 0.4) is 0 Å². The standard InChI is InChI=1S/C25H42O2S2/c1-3-5-7-9-11-12-13-15-17-23-29(26,27)25-20-18-24(19-21-25)28-22-16-14-10-8-6-4-2/h3,18-21H,1,4-17,22-23H2,2H3. The van der Waals surface area contributed by atoms with Gasteiger partial charge in [0.05, 0.1) is 10.6 Å². The molecule has 0 radical (unpaired) electrons. The van der Waals surface area contributed by atoms with E-state index in [9.17, 15) is 8.42 Å². The molecule has 2 nitrogen and oxygen atoms in total. The van der Waals surface area contributed by atoms with Crippen LogP contribution in [-0.4, -0.2) is 19.9 Å². The van der Waals surface area contributed by atoms with Crippen LogP contribution in [0.2, 0.25) is 0 Å². The van der Waals surface area contributed by atoms with Crippen LogP contribution in [-0.2, 0) is 9.84 Å². The van der Waals surface area contributed by atoms with Crippen LogP contribution in [0, 0.1) is 0 Å². The van der Waals surface area contributed by atoms with E-state index in [0.717, 1.165) is 31.4 Å². The van der Waals surface area contributed by atoms with Gasteiger partial charge in [-0.25, -0.2) is 8.42 Å². The maximum Gasteiger partial charge on any atom is 0.178 e. The third kappa shape index (κ3) is 13.2. The van der Waals surface area contributed by atoms with Gasteiger partial charge in [0.2, 0.25) is 0 Å². The molecule has 0 spiro atoms. The Hall–Kier alpha value is -0.740. The second-order valence-electron chi connectivity index (χ2n) is 7.96. The second-order valence-corrected chi connectivity index (χ2v) is 11.2. The lowest BCUT2D eigenvalue weighted by Crippen LogP contribution is -2.06. The number of allylic oxidation sites excluding steroid dienone is 1. The van der Waals surface area contributed by atoms with E-state index in [1.165, 1.54) is 69.1 Å². The number of sulfone groups is 1.